The normalized spacial score (nSPS) is 15.4. The van der Waals surface area contributed by atoms with Crippen LogP contribution in [0.2, 0.25) is 0 Å². The van der Waals surface area contributed by atoms with Crippen LogP contribution in [-0.2, 0) is 4.79 Å². The van der Waals surface area contributed by atoms with Gasteiger partial charge in [-0.2, -0.15) is 0 Å². The van der Waals surface area contributed by atoms with Crippen molar-refractivity contribution in [3.63, 3.8) is 0 Å². The Morgan fingerprint density at radius 2 is 2.10 bits per heavy atom. The lowest BCUT2D eigenvalue weighted by Crippen LogP contribution is -2.42. The highest BCUT2D eigenvalue weighted by Crippen LogP contribution is 2.18. The summed E-state index contributed by atoms with van der Waals surface area (Å²) in [5, 5.41) is 0. The SMILES string of the molecule is Cl.NC1CCN(C(=O)CCCOc2cccc(Br)c2)CC1. The summed E-state index contributed by atoms with van der Waals surface area (Å²) in [5.41, 5.74) is 5.83. The number of likely N-dealkylation sites (tertiary alicyclic amines) is 1. The van der Waals surface area contributed by atoms with Crippen LogP contribution in [-0.4, -0.2) is 36.5 Å². The smallest absolute Gasteiger partial charge is 0.222 e. The Morgan fingerprint density at radius 1 is 1.38 bits per heavy atom. The summed E-state index contributed by atoms with van der Waals surface area (Å²) in [5.74, 6) is 1.05. The maximum absolute atomic E-state index is 12.0. The number of ether oxygens (including phenoxy) is 1. The number of halogens is 2. The van der Waals surface area contributed by atoms with Crippen molar-refractivity contribution in [2.45, 2.75) is 31.7 Å². The Kier molecular flexibility index (Phi) is 8.07. The van der Waals surface area contributed by atoms with Crippen molar-refractivity contribution >= 4 is 34.2 Å². The van der Waals surface area contributed by atoms with Gasteiger partial charge in [-0.1, -0.05) is 22.0 Å². The van der Waals surface area contributed by atoms with Crippen LogP contribution in [0.1, 0.15) is 25.7 Å². The van der Waals surface area contributed by atoms with Crippen LogP contribution in [0.15, 0.2) is 28.7 Å². The molecule has 2 N–H and O–H groups in total. The average Bonchev–Trinajstić information content (AvgIpc) is 2.44. The molecule has 2 rings (SSSR count). The van der Waals surface area contributed by atoms with E-state index in [1.54, 1.807) is 0 Å². The molecule has 0 saturated carbocycles. The van der Waals surface area contributed by atoms with E-state index in [1.165, 1.54) is 0 Å². The molecule has 0 aliphatic carbocycles. The fourth-order valence-electron chi connectivity index (χ4n) is 2.28. The number of nitrogens with two attached hydrogens (primary N) is 1. The number of hydrogen-bond acceptors (Lipinski definition) is 3. The van der Waals surface area contributed by atoms with Crippen LogP contribution in [0.5, 0.6) is 5.75 Å². The van der Waals surface area contributed by atoms with Gasteiger partial charge < -0.3 is 15.4 Å². The minimum atomic E-state index is 0. The van der Waals surface area contributed by atoms with Crippen molar-refractivity contribution in [1.82, 2.24) is 4.90 Å². The van der Waals surface area contributed by atoms with Crippen molar-refractivity contribution < 1.29 is 9.53 Å². The van der Waals surface area contributed by atoms with Crippen LogP contribution in [0.25, 0.3) is 0 Å². The average molecular weight is 378 g/mol. The van der Waals surface area contributed by atoms with E-state index in [0.29, 0.717) is 13.0 Å². The van der Waals surface area contributed by atoms with Crippen molar-refractivity contribution in [2.24, 2.45) is 5.73 Å². The first-order chi connectivity index (χ1) is 9.65. The Balaban J connectivity index is 0.00000220. The molecule has 4 nitrogen and oxygen atoms in total. The van der Waals surface area contributed by atoms with Gasteiger partial charge in [-0.25, -0.2) is 0 Å². The lowest BCUT2D eigenvalue weighted by atomic mass is 10.1. The zero-order valence-electron chi connectivity index (χ0n) is 12.0. The molecule has 1 heterocycles. The van der Waals surface area contributed by atoms with E-state index >= 15 is 0 Å². The van der Waals surface area contributed by atoms with Crippen LogP contribution >= 0.6 is 28.3 Å². The lowest BCUT2D eigenvalue weighted by molar-refractivity contribution is -0.132. The van der Waals surface area contributed by atoms with E-state index in [1.807, 2.05) is 29.2 Å². The second-order valence-electron chi connectivity index (χ2n) is 5.13. The van der Waals surface area contributed by atoms with Crippen LogP contribution in [0.3, 0.4) is 0 Å². The van der Waals surface area contributed by atoms with Gasteiger partial charge in [0.15, 0.2) is 0 Å². The second-order valence-corrected chi connectivity index (χ2v) is 6.04. The van der Waals surface area contributed by atoms with Gasteiger partial charge in [-0.3, -0.25) is 4.79 Å². The van der Waals surface area contributed by atoms with E-state index in [4.69, 9.17) is 10.5 Å². The number of benzene rings is 1. The number of amides is 1. The maximum atomic E-state index is 12.0. The first kappa shape index (κ1) is 18.3. The third kappa shape index (κ3) is 6.24. The Hall–Kier alpha value is -0.780. The third-order valence-electron chi connectivity index (χ3n) is 3.49. The summed E-state index contributed by atoms with van der Waals surface area (Å²) in [7, 11) is 0. The molecule has 1 aromatic rings. The zero-order valence-corrected chi connectivity index (χ0v) is 14.4. The molecule has 1 fully saturated rings. The molecule has 1 amide bonds. The predicted octanol–water partition coefficient (Wildman–Crippen LogP) is 2.98. The molecule has 0 radical (unpaired) electrons. The van der Waals surface area contributed by atoms with E-state index in [-0.39, 0.29) is 24.4 Å². The first-order valence-corrected chi connectivity index (χ1v) is 7.86. The van der Waals surface area contributed by atoms with Gasteiger partial charge in [0, 0.05) is 30.0 Å². The molecule has 0 atom stereocenters. The monoisotopic (exact) mass is 376 g/mol. The van der Waals surface area contributed by atoms with Gasteiger partial charge in [-0.15, -0.1) is 12.4 Å². The number of carbonyl (C=O) groups excluding carboxylic acids is 1. The van der Waals surface area contributed by atoms with Gasteiger partial charge in [0.25, 0.3) is 0 Å². The Bertz CT molecular complexity index is 451. The van der Waals surface area contributed by atoms with Crippen LogP contribution in [0, 0.1) is 0 Å². The van der Waals surface area contributed by atoms with Crippen LogP contribution in [0.4, 0.5) is 0 Å². The highest BCUT2D eigenvalue weighted by Gasteiger charge is 2.19. The number of rotatable bonds is 5. The van der Waals surface area contributed by atoms with Gasteiger partial charge in [0.1, 0.15) is 5.75 Å². The van der Waals surface area contributed by atoms with Gasteiger partial charge in [-0.05, 0) is 37.5 Å². The molecular formula is C15H22BrClN2O2. The van der Waals surface area contributed by atoms with Crippen molar-refractivity contribution in [2.75, 3.05) is 19.7 Å². The fraction of sp³-hybridized carbons (Fsp3) is 0.533. The predicted molar refractivity (Wildman–Crippen MR) is 89.9 cm³/mol. The third-order valence-corrected chi connectivity index (χ3v) is 3.99. The lowest BCUT2D eigenvalue weighted by Gasteiger charge is -2.30. The second kappa shape index (κ2) is 9.28. The van der Waals surface area contributed by atoms with E-state index < -0.39 is 0 Å². The number of nitrogens with zero attached hydrogens (tertiary/aromatic N) is 1. The van der Waals surface area contributed by atoms with E-state index in [0.717, 1.165) is 42.6 Å². The number of hydrogen-bond donors (Lipinski definition) is 1. The summed E-state index contributed by atoms with van der Waals surface area (Å²) in [4.78, 5) is 13.9. The molecule has 1 saturated heterocycles. The van der Waals surface area contributed by atoms with Gasteiger partial charge in [0.2, 0.25) is 5.91 Å². The molecule has 6 heteroatoms. The molecule has 0 spiro atoms. The first-order valence-electron chi connectivity index (χ1n) is 7.07. The largest absolute Gasteiger partial charge is 0.494 e. The molecule has 0 bridgehead atoms. The van der Waals surface area contributed by atoms with Gasteiger partial charge >= 0.3 is 0 Å². The summed E-state index contributed by atoms with van der Waals surface area (Å²) < 4.78 is 6.62. The standard InChI is InChI=1S/C15H21BrN2O2.ClH/c16-12-3-1-4-14(11-12)20-10-2-5-15(19)18-8-6-13(17)7-9-18;/h1,3-4,11,13H,2,5-10,17H2;1H. The molecule has 1 aliphatic rings. The molecular weight excluding hydrogens is 356 g/mol. The number of piperidine rings is 1. The summed E-state index contributed by atoms with van der Waals surface area (Å²) >= 11 is 3.40. The maximum Gasteiger partial charge on any atom is 0.222 e. The van der Waals surface area contributed by atoms with Crippen molar-refractivity contribution in [3.05, 3.63) is 28.7 Å². The van der Waals surface area contributed by atoms with Crippen molar-refractivity contribution in [3.8, 4) is 5.75 Å². The highest BCUT2D eigenvalue weighted by molar-refractivity contribution is 9.10. The molecule has 0 unspecified atom stereocenters. The Morgan fingerprint density at radius 3 is 2.76 bits per heavy atom. The minimum Gasteiger partial charge on any atom is -0.494 e. The topological polar surface area (TPSA) is 55.6 Å². The van der Waals surface area contributed by atoms with E-state index in [9.17, 15) is 4.79 Å². The zero-order chi connectivity index (χ0) is 14.4. The minimum absolute atomic E-state index is 0. The van der Waals surface area contributed by atoms with Crippen LogP contribution < -0.4 is 10.5 Å². The summed E-state index contributed by atoms with van der Waals surface area (Å²) in [6.07, 6.45) is 3.12. The quantitative estimate of drug-likeness (QED) is 0.803. The highest BCUT2D eigenvalue weighted by atomic mass is 79.9. The van der Waals surface area contributed by atoms with Crippen molar-refractivity contribution in [1.29, 1.82) is 0 Å². The Labute approximate surface area is 140 Å². The summed E-state index contributed by atoms with van der Waals surface area (Å²) in [6, 6.07) is 7.99. The summed E-state index contributed by atoms with van der Waals surface area (Å²) in [6.45, 7) is 2.16. The van der Waals surface area contributed by atoms with E-state index in [2.05, 4.69) is 15.9 Å². The fourth-order valence-corrected chi connectivity index (χ4v) is 2.66. The molecule has 1 aromatic carbocycles. The van der Waals surface area contributed by atoms with Gasteiger partial charge in [0.05, 0.1) is 6.61 Å². The molecule has 118 valence electrons. The molecule has 21 heavy (non-hydrogen) atoms. The molecule has 0 aromatic heterocycles. The number of carbonyl (C=O) groups is 1. The molecule has 1 aliphatic heterocycles.